The van der Waals surface area contributed by atoms with Crippen molar-refractivity contribution in [1.82, 2.24) is 14.9 Å². The lowest BCUT2D eigenvalue weighted by molar-refractivity contribution is 0.303. The molecule has 0 fully saturated rings. The van der Waals surface area contributed by atoms with Gasteiger partial charge >= 0.3 is 0 Å². The van der Waals surface area contributed by atoms with Crippen LogP contribution in [0.1, 0.15) is 11.3 Å². The maximum atomic E-state index is 4.46. The van der Waals surface area contributed by atoms with Crippen LogP contribution < -0.4 is 0 Å². The van der Waals surface area contributed by atoms with Crippen LogP contribution in [0, 0.1) is 0 Å². The highest BCUT2D eigenvalue weighted by Crippen LogP contribution is 2.29. The van der Waals surface area contributed by atoms with Gasteiger partial charge in [0.15, 0.2) is 0 Å². The first kappa shape index (κ1) is 8.92. The van der Waals surface area contributed by atoms with Crippen molar-refractivity contribution < 1.29 is 0 Å². The number of nitrogens with zero attached hydrogens (tertiary/aromatic N) is 2. The Morgan fingerprint density at radius 3 is 3.07 bits per heavy atom. The molecule has 3 nitrogen and oxygen atoms in total. The predicted molar refractivity (Wildman–Crippen MR) is 61.0 cm³/mol. The molecular formula is C12H15N3. The van der Waals surface area contributed by atoms with Crippen LogP contribution in [0.15, 0.2) is 18.3 Å². The Labute approximate surface area is 89.1 Å². The van der Waals surface area contributed by atoms with Crippen LogP contribution in [0.3, 0.4) is 0 Å². The van der Waals surface area contributed by atoms with E-state index in [0.717, 1.165) is 18.4 Å². The molecular weight excluding hydrogens is 186 g/mol. The standard InChI is InChI=1S/C12H15N3/c1-15(2)8-6-9-11(7-8)14-10-4-3-5-13-12(9)10/h3-5,8,14H,6-7H2,1-2H3/t8-/m1/s1. The van der Waals surface area contributed by atoms with Crippen molar-refractivity contribution in [2.45, 2.75) is 18.9 Å². The van der Waals surface area contributed by atoms with E-state index in [4.69, 9.17) is 0 Å². The van der Waals surface area contributed by atoms with Gasteiger partial charge in [-0.15, -0.1) is 0 Å². The fourth-order valence-corrected chi connectivity index (χ4v) is 2.43. The number of likely N-dealkylation sites (N-methyl/N-ethyl adjacent to an activating group) is 1. The quantitative estimate of drug-likeness (QED) is 0.760. The van der Waals surface area contributed by atoms with Crippen LogP contribution >= 0.6 is 0 Å². The van der Waals surface area contributed by atoms with E-state index >= 15 is 0 Å². The highest BCUT2D eigenvalue weighted by Gasteiger charge is 2.26. The number of fused-ring (bicyclic) bond motifs is 3. The molecule has 0 saturated heterocycles. The van der Waals surface area contributed by atoms with Gasteiger partial charge in [0.2, 0.25) is 0 Å². The van der Waals surface area contributed by atoms with Crippen molar-refractivity contribution in [2.24, 2.45) is 0 Å². The van der Waals surface area contributed by atoms with E-state index in [1.165, 1.54) is 16.8 Å². The molecule has 1 aliphatic carbocycles. The molecule has 0 aromatic carbocycles. The minimum atomic E-state index is 0.637. The van der Waals surface area contributed by atoms with E-state index < -0.39 is 0 Å². The number of H-pyrrole nitrogens is 1. The van der Waals surface area contributed by atoms with Gasteiger partial charge in [-0.2, -0.15) is 0 Å². The zero-order valence-electron chi connectivity index (χ0n) is 9.12. The Morgan fingerprint density at radius 1 is 1.40 bits per heavy atom. The summed E-state index contributed by atoms with van der Waals surface area (Å²) in [5.41, 5.74) is 5.14. The number of aromatic amines is 1. The molecule has 1 aliphatic rings. The van der Waals surface area contributed by atoms with E-state index in [1.54, 1.807) is 0 Å². The van der Waals surface area contributed by atoms with Crippen LogP contribution in [0.4, 0.5) is 0 Å². The van der Waals surface area contributed by atoms with Crippen LogP contribution in [-0.2, 0) is 12.8 Å². The van der Waals surface area contributed by atoms with Crippen molar-refractivity contribution in [3.05, 3.63) is 29.6 Å². The second-order valence-corrected chi connectivity index (χ2v) is 4.51. The number of hydrogen-bond acceptors (Lipinski definition) is 2. The lowest BCUT2D eigenvalue weighted by atomic mass is 10.2. The molecule has 3 rings (SSSR count). The SMILES string of the molecule is CN(C)[C@H]1Cc2[nH]c3cccnc3c2C1. The topological polar surface area (TPSA) is 31.9 Å². The molecule has 2 heterocycles. The zero-order valence-corrected chi connectivity index (χ0v) is 9.12. The number of hydrogen-bond donors (Lipinski definition) is 1. The Hall–Kier alpha value is -1.35. The van der Waals surface area contributed by atoms with Gasteiger partial charge < -0.3 is 9.88 Å². The fourth-order valence-electron chi connectivity index (χ4n) is 2.43. The molecule has 0 unspecified atom stereocenters. The molecule has 1 N–H and O–H groups in total. The second kappa shape index (κ2) is 3.07. The summed E-state index contributed by atoms with van der Waals surface area (Å²) in [7, 11) is 4.29. The maximum absolute atomic E-state index is 4.46. The highest BCUT2D eigenvalue weighted by atomic mass is 15.1. The fraction of sp³-hybridized carbons (Fsp3) is 0.417. The Morgan fingerprint density at radius 2 is 2.27 bits per heavy atom. The zero-order chi connectivity index (χ0) is 10.4. The lowest BCUT2D eigenvalue weighted by Gasteiger charge is -2.18. The molecule has 0 spiro atoms. The molecule has 0 amide bonds. The summed E-state index contributed by atoms with van der Waals surface area (Å²) in [6.07, 6.45) is 4.12. The molecule has 1 atom stereocenters. The van der Waals surface area contributed by atoms with E-state index in [9.17, 15) is 0 Å². The van der Waals surface area contributed by atoms with Gasteiger partial charge in [0.1, 0.15) is 0 Å². The third-order valence-electron chi connectivity index (χ3n) is 3.35. The van der Waals surface area contributed by atoms with Gasteiger partial charge in [-0.25, -0.2) is 0 Å². The largest absolute Gasteiger partial charge is 0.357 e. The summed E-state index contributed by atoms with van der Waals surface area (Å²) >= 11 is 0. The lowest BCUT2D eigenvalue weighted by Crippen LogP contribution is -2.28. The van der Waals surface area contributed by atoms with E-state index in [-0.39, 0.29) is 0 Å². The molecule has 78 valence electrons. The minimum Gasteiger partial charge on any atom is -0.357 e. The van der Waals surface area contributed by atoms with Gasteiger partial charge in [-0.3, -0.25) is 4.98 Å². The predicted octanol–water partition coefficient (Wildman–Crippen LogP) is 1.59. The average molecular weight is 201 g/mol. The minimum absolute atomic E-state index is 0.637. The molecule has 2 aromatic rings. The normalized spacial score (nSPS) is 20.1. The molecule has 2 aromatic heterocycles. The van der Waals surface area contributed by atoms with E-state index in [0.29, 0.717) is 6.04 Å². The third-order valence-corrected chi connectivity index (χ3v) is 3.35. The third kappa shape index (κ3) is 1.27. The summed E-state index contributed by atoms with van der Waals surface area (Å²) in [6, 6.07) is 4.72. The summed E-state index contributed by atoms with van der Waals surface area (Å²) in [4.78, 5) is 10.2. The summed E-state index contributed by atoms with van der Waals surface area (Å²) in [5.74, 6) is 0. The number of aromatic nitrogens is 2. The van der Waals surface area contributed by atoms with Crippen molar-refractivity contribution in [2.75, 3.05) is 14.1 Å². The smallest absolute Gasteiger partial charge is 0.0914 e. The number of nitrogens with one attached hydrogen (secondary N) is 1. The Balaban J connectivity index is 2.08. The van der Waals surface area contributed by atoms with Crippen LogP contribution in [0.2, 0.25) is 0 Å². The van der Waals surface area contributed by atoms with Crippen molar-refractivity contribution in [3.8, 4) is 0 Å². The van der Waals surface area contributed by atoms with Crippen LogP contribution in [0.5, 0.6) is 0 Å². The van der Waals surface area contributed by atoms with Crippen molar-refractivity contribution in [3.63, 3.8) is 0 Å². The van der Waals surface area contributed by atoms with Gasteiger partial charge in [-0.05, 0) is 32.6 Å². The molecule has 0 saturated carbocycles. The van der Waals surface area contributed by atoms with Gasteiger partial charge in [0.05, 0.1) is 11.0 Å². The summed E-state index contributed by atoms with van der Waals surface area (Å²) < 4.78 is 0. The summed E-state index contributed by atoms with van der Waals surface area (Å²) in [6.45, 7) is 0. The maximum Gasteiger partial charge on any atom is 0.0914 e. The van der Waals surface area contributed by atoms with Gasteiger partial charge in [0, 0.05) is 29.9 Å². The Bertz CT molecular complexity index is 499. The first-order chi connectivity index (χ1) is 7.25. The van der Waals surface area contributed by atoms with Gasteiger partial charge in [0.25, 0.3) is 0 Å². The Kier molecular flexibility index (Phi) is 1.83. The molecule has 0 aliphatic heterocycles. The van der Waals surface area contributed by atoms with E-state index in [2.05, 4.69) is 35.0 Å². The van der Waals surface area contributed by atoms with E-state index in [1.807, 2.05) is 12.3 Å². The van der Waals surface area contributed by atoms with Crippen LogP contribution in [-0.4, -0.2) is 35.0 Å². The molecule has 15 heavy (non-hydrogen) atoms. The molecule has 3 heteroatoms. The molecule has 0 bridgehead atoms. The second-order valence-electron chi connectivity index (χ2n) is 4.51. The van der Waals surface area contributed by atoms with Crippen molar-refractivity contribution in [1.29, 1.82) is 0 Å². The first-order valence-electron chi connectivity index (χ1n) is 5.36. The summed E-state index contributed by atoms with van der Waals surface area (Å²) in [5, 5.41) is 0. The first-order valence-corrected chi connectivity index (χ1v) is 5.36. The van der Waals surface area contributed by atoms with Crippen LogP contribution in [0.25, 0.3) is 11.0 Å². The number of pyridine rings is 1. The number of rotatable bonds is 1. The van der Waals surface area contributed by atoms with Gasteiger partial charge in [-0.1, -0.05) is 0 Å². The average Bonchev–Trinajstić information content (AvgIpc) is 2.73. The highest BCUT2D eigenvalue weighted by molar-refractivity contribution is 5.81. The molecule has 0 radical (unpaired) electrons. The monoisotopic (exact) mass is 201 g/mol. The van der Waals surface area contributed by atoms with Crippen molar-refractivity contribution >= 4 is 11.0 Å².